The van der Waals surface area contributed by atoms with Crippen LogP contribution in [0.15, 0.2) is 67.0 Å². The molecule has 1 aliphatic carbocycles. The number of nitrogens with one attached hydrogen (secondary N) is 1. The number of hydrogen-bond donors (Lipinski definition) is 1. The van der Waals surface area contributed by atoms with Gasteiger partial charge in [0.25, 0.3) is 0 Å². The van der Waals surface area contributed by atoms with E-state index >= 15 is 0 Å². The lowest BCUT2D eigenvalue weighted by atomic mass is 9.95. The molecule has 6 heteroatoms. The molecule has 4 rings (SSSR count). The van der Waals surface area contributed by atoms with Gasteiger partial charge in [-0.25, -0.2) is 4.68 Å². The summed E-state index contributed by atoms with van der Waals surface area (Å²) in [4.78, 5) is 12.9. The van der Waals surface area contributed by atoms with Crippen LogP contribution in [-0.4, -0.2) is 32.7 Å². The fourth-order valence-electron chi connectivity index (χ4n) is 3.34. The molecule has 2 aromatic carbocycles. The van der Waals surface area contributed by atoms with Crippen LogP contribution in [0.4, 0.5) is 0 Å². The van der Waals surface area contributed by atoms with Crippen LogP contribution in [0.1, 0.15) is 30.0 Å². The van der Waals surface area contributed by atoms with Crippen molar-refractivity contribution in [3.05, 3.63) is 78.1 Å². The van der Waals surface area contributed by atoms with E-state index < -0.39 is 6.04 Å². The fraction of sp³-hybridized carbons (Fsp3) is 0.300. The van der Waals surface area contributed by atoms with E-state index in [0.29, 0.717) is 13.0 Å². The van der Waals surface area contributed by atoms with Crippen molar-refractivity contribution in [2.45, 2.75) is 30.7 Å². The van der Waals surface area contributed by atoms with E-state index in [1.807, 2.05) is 36.4 Å². The van der Waals surface area contributed by atoms with Gasteiger partial charge in [-0.3, -0.25) is 4.79 Å². The predicted octanol–water partition coefficient (Wildman–Crippen LogP) is 2.30. The molecule has 26 heavy (non-hydrogen) atoms. The Morgan fingerprint density at radius 1 is 1.08 bits per heavy atom. The average molecular weight is 347 g/mol. The predicted molar refractivity (Wildman–Crippen MR) is 97.4 cm³/mol. The minimum Gasteiger partial charge on any atom is -0.353 e. The Kier molecular flexibility index (Phi) is 4.48. The van der Waals surface area contributed by atoms with Gasteiger partial charge in [-0.2, -0.15) is 0 Å². The van der Waals surface area contributed by atoms with Gasteiger partial charge < -0.3 is 5.32 Å². The smallest absolute Gasteiger partial charge is 0.245 e. The van der Waals surface area contributed by atoms with Crippen molar-refractivity contribution >= 4 is 5.91 Å². The number of aromatic nitrogens is 4. The van der Waals surface area contributed by atoms with Gasteiger partial charge >= 0.3 is 0 Å². The summed E-state index contributed by atoms with van der Waals surface area (Å²) < 4.78 is 1.53. The normalized spacial score (nSPS) is 16.0. The number of amides is 1. The van der Waals surface area contributed by atoms with E-state index in [1.54, 1.807) is 0 Å². The zero-order valence-corrected chi connectivity index (χ0v) is 14.5. The Balaban J connectivity index is 1.47. The first-order valence-electron chi connectivity index (χ1n) is 8.86. The van der Waals surface area contributed by atoms with E-state index in [9.17, 15) is 4.79 Å². The molecule has 1 heterocycles. The molecule has 1 amide bonds. The summed E-state index contributed by atoms with van der Waals surface area (Å²) in [6, 6.07) is 19.9. The van der Waals surface area contributed by atoms with Crippen molar-refractivity contribution in [3.63, 3.8) is 0 Å². The maximum absolute atomic E-state index is 12.9. The molecule has 1 saturated carbocycles. The van der Waals surface area contributed by atoms with Gasteiger partial charge in [0.15, 0.2) is 0 Å². The second-order valence-electron chi connectivity index (χ2n) is 6.86. The minimum atomic E-state index is -0.459. The third kappa shape index (κ3) is 3.49. The van der Waals surface area contributed by atoms with Crippen molar-refractivity contribution in [1.82, 2.24) is 25.5 Å². The van der Waals surface area contributed by atoms with E-state index in [0.717, 1.165) is 18.4 Å². The molecule has 1 atom stereocenters. The summed E-state index contributed by atoms with van der Waals surface area (Å²) in [6.07, 6.45) is 4.25. The largest absolute Gasteiger partial charge is 0.353 e. The molecular formula is C20H21N5O. The van der Waals surface area contributed by atoms with Crippen LogP contribution >= 0.6 is 0 Å². The summed E-state index contributed by atoms with van der Waals surface area (Å²) in [5.41, 5.74) is 2.45. The highest BCUT2D eigenvalue weighted by atomic mass is 16.2. The highest BCUT2D eigenvalue weighted by Gasteiger charge is 2.44. The Labute approximate surface area is 152 Å². The monoisotopic (exact) mass is 347 g/mol. The van der Waals surface area contributed by atoms with Gasteiger partial charge in [-0.15, -0.1) is 5.10 Å². The average Bonchev–Trinajstić information content (AvgIpc) is 3.30. The molecule has 3 aromatic rings. The van der Waals surface area contributed by atoms with Crippen molar-refractivity contribution < 1.29 is 4.79 Å². The van der Waals surface area contributed by atoms with Gasteiger partial charge in [0, 0.05) is 18.4 Å². The summed E-state index contributed by atoms with van der Waals surface area (Å²) in [5.74, 6) is -0.0524. The zero-order chi connectivity index (χ0) is 17.8. The molecule has 1 aliphatic rings. The van der Waals surface area contributed by atoms with Crippen molar-refractivity contribution in [2.24, 2.45) is 0 Å². The second kappa shape index (κ2) is 7.07. The number of carbonyl (C=O) groups excluding carboxylic acids is 1. The Hall–Kier alpha value is -3.02. The first kappa shape index (κ1) is 16.4. The number of nitrogens with zero attached hydrogens (tertiary/aromatic N) is 4. The molecule has 1 unspecified atom stereocenters. The van der Waals surface area contributed by atoms with Gasteiger partial charge in [-0.1, -0.05) is 60.7 Å². The standard InChI is InChI=1S/C20H21N5O/c26-19(21-14-20(11-12-20)17-9-5-2-6-10-17)18(25-15-22-23-24-25)13-16-7-3-1-4-8-16/h1-10,15,18H,11-14H2,(H,21,26). The summed E-state index contributed by atoms with van der Waals surface area (Å²) in [5, 5.41) is 14.5. The van der Waals surface area contributed by atoms with E-state index in [1.165, 1.54) is 16.6 Å². The molecule has 1 aromatic heterocycles. The number of rotatable bonds is 7. The Morgan fingerprint density at radius 2 is 1.77 bits per heavy atom. The zero-order valence-electron chi connectivity index (χ0n) is 14.5. The highest BCUT2D eigenvalue weighted by molar-refractivity contribution is 5.80. The molecule has 0 saturated heterocycles. The van der Waals surface area contributed by atoms with Crippen LogP contribution < -0.4 is 5.32 Å². The first-order valence-corrected chi connectivity index (χ1v) is 8.86. The molecule has 0 spiro atoms. The van der Waals surface area contributed by atoms with Crippen molar-refractivity contribution in [1.29, 1.82) is 0 Å². The van der Waals surface area contributed by atoms with Gasteiger partial charge in [0.05, 0.1) is 0 Å². The topological polar surface area (TPSA) is 72.7 Å². The van der Waals surface area contributed by atoms with E-state index in [-0.39, 0.29) is 11.3 Å². The summed E-state index contributed by atoms with van der Waals surface area (Å²) >= 11 is 0. The quantitative estimate of drug-likeness (QED) is 0.712. The Morgan fingerprint density at radius 3 is 2.38 bits per heavy atom. The van der Waals surface area contributed by atoms with Crippen molar-refractivity contribution in [3.8, 4) is 0 Å². The minimum absolute atomic E-state index is 0.0524. The lowest BCUT2D eigenvalue weighted by molar-refractivity contribution is -0.124. The fourth-order valence-corrected chi connectivity index (χ4v) is 3.34. The molecule has 1 N–H and O–H groups in total. The third-order valence-corrected chi connectivity index (χ3v) is 5.10. The highest BCUT2D eigenvalue weighted by Crippen LogP contribution is 2.47. The number of hydrogen-bond acceptors (Lipinski definition) is 4. The third-order valence-electron chi connectivity index (χ3n) is 5.10. The van der Waals surface area contributed by atoms with Crippen LogP contribution in [-0.2, 0) is 16.6 Å². The van der Waals surface area contributed by atoms with Crippen LogP contribution in [0.2, 0.25) is 0 Å². The van der Waals surface area contributed by atoms with Gasteiger partial charge in [-0.05, 0) is 34.4 Å². The van der Waals surface area contributed by atoms with Crippen LogP contribution in [0.5, 0.6) is 0 Å². The SMILES string of the molecule is O=C(NCC1(c2ccccc2)CC1)C(Cc1ccccc1)n1cnnn1. The lowest BCUT2D eigenvalue weighted by Crippen LogP contribution is -2.38. The van der Waals surface area contributed by atoms with Crippen LogP contribution in [0.3, 0.4) is 0 Å². The molecule has 0 aliphatic heterocycles. The summed E-state index contributed by atoms with van der Waals surface area (Å²) in [6.45, 7) is 0.642. The summed E-state index contributed by atoms with van der Waals surface area (Å²) in [7, 11) is 0. The number of benzene rings is 2. The van der Waals surface area contributed by atoms with Crippen molar-refractivity contribution in [2.75, 3.05) is 6.54 Å². The van der Waals surface area contributed by atoms with E-state index in [2.05, 4.69) is 45.1 Å². The molecular weight excluding hydrogens is 326 g/mol. The van der Waals surface area contributed by atoms with Crippen LogP contribution in [0, 0.1) is 0 Å². The molecule has 132 valence electrons. The second-order valence-corrected chi connectivity index (χ2v) is 6.86. The number of tetrazole rings is 1. The first-order chi connectivity index (χ1) is 12.8. The van der Waals surface area contributed by atoms with Gasteiger partial charge in [0.2, 0.25) is 5.91 Å². The van der Waals surface area contributed by atoms with Gasteiger partial charge in [0.1, 0.15) is 12.4 Å². The molecule has 0 bridgehead atoms. The number of carbonyl (C=O) groups is 1. The van der Waals surface area contributed by atoms with E-state index in [4.69, 9.17) is 0 Å². The molecule has 0 radical (unpaired) electrons. The Bertz CT molecular complexity index is 844. The lowest BCUT2D eigenvalue weighted by Gasteiger charge is -2.20. The molecule has 1 fully saturated rings. The van der Waals surface area contributed by atoms with Crippen LogP contribution in [0.25, 0.3) is 0 Å². The molecule has 6 nitrogen and oxygen atoms in total. The maximum Gasteiger partial charge on any atom is 0.245 e. The maximum atomic E-state index is 12.9.